The molecule has 7 amide bonds. The highest BCUT2D eigenvalue weighted by Gasteiger charge is 2.36. The normalized spacial score (nSPS) is 22.0. The van der Waals surface area contributed by atoms with Gasteiger partial charge in [0, 0.05) is 26.4 Å². The van der Waals surface area contributed by atoms with Gasteiger partial charge in [-0.15, -0.1) is 0 Å². The zero-order chi connectivity index (χ0) is 45.3. The maximum atomic E-state index is 14.3. The van der Waals surface area contributed by atoms with E-state index >= 15 is 0 Å². The Morgan fingerprint density at radius 1 is 0.774 bits per heavy atom. The average molecular weight is 858 g/mol. The Kier molecular flexibility index (Phi) is 18.1. The molecule has 1 heterocycles. The summed E-state index contributed by atoms with van der Waals surface area (Å²) in [5.74, 6) is -4.84. The van der Waals surface area contributed by atoms with Crippen LogP contribution in [0.1, 0.15) is 69.6 Å². The second-order valence-electron chi connectivity index (χ2n) is 15.7. The lowest BCUT2D eigenvalue weighted by Crippen LogP contribution is -2.60. The maximum absolute atomic E-state index is 14.3. The fourth-order valence-corrected chi connectivity index (χ4v) is 6.92. The Labute approximate surface area is 361 Å². The van der Waals surface area contributed by atoms with Crippen molar-refractivity contribution in [2.24, 2.45) is 5.92 Å². The predicted molar refractivity (Wildman–Crippen MR) is 230 cm³/mol. The molecule has 1 saturated heterocycles. The quantitative estimate of drug-likeness (QED) is 0.129. The minimum atomic E-state index is -1.40. The first kappa shape index (κ1) is 48.0. The second kappa shape index (κ2) is 23.4. The van der Waals surface area contributed by atoms with E-state index < -0.39 is 83.7 Å². The Balaban J connectivity index is 1.65. The van der Waals surface area contributed by atoms with Gasteiger partial charge in [0.25, 0.3) is 0 Å². The highest BCUT2D eigenvalue weighted by Crippen LogP contribution is 2.17. The number of benzene rings is 3. The summed E-state index contributed by atoms with van der Waals surface area (Å²) in [5, 5.41) is 45.6. The average Bonchev–Trinajstić information content (AvgIpc) is 3.25. The number of aryl methyl sites for hydroxylation is 1. The molecule has 0 saturated carbocycles. The first-order valence-electron chi connectivity index (χ1n) is 20.9. The van der Waals surface area contributed by atoms with Crippen molar-refractivity contribution in [2.45, 2.75) is 108 Å². The summed E-state index contributed by atoms with van der Waals surface area (Å²) in [6, 6.07) is 13.2. The summed E-state index contributed by atoms with van der Waals surface area (Å²) < 4.78 is 0. The zero-order valence-electron chi connectivity index (χ0n) is 35.6. The van der Waals surface area contributed by atoms with Crippen molar-refractivity contribution < 1.29 is 48.9 Å². The lowest BCUT2D eigenvalue weighted by Gasteiger charge is -2.32. The SMILES string of the molecule is CCC(C)[C@@H]1NC(=O)[C@H](NC(=O)N[C@@H](Cc2ccc(O)cc2)C(=O)O)CCCCNC(=O)[C@H](Cc2ccccc2)NC(=O)C(C)N(C)C(=O)C(CCc2ccc(O)cc2)NC1=O. The fraction of sp³-hybridized carbons (Fsp3) is 0.444. The molecule has 7 atom stereocenters. The number of amides is 7. The number of carbonyl (C=O) groups is 7. The molecular formula is C45H59N7O10. The fourth-order valence-electron chi connectivity index (χ4n) is 6.92. The van der Waals surface area contributed by atoms with Crippen molar-refractivity contribution in [3.63, 3.8) is 0 Å². The number of phenolic OH excluding ortho intramolecular Hbond substituents is 2. The summed E-state index contributed by atoms with van der Waals surface area (Å²) in [5.41, 5.74) is 2.06. The molecule has 0 spiro atoms. The topological polar surface area (TPSA) is 256 Å². The zero-order valence-corrected chi connectivity index (χ0v) is 35.6. The minimum Gasteiger partial charge on any atom is -0.508 e. The van der Waals surface area contributed by atoms with E-state index in [1.54, 1.807) is 19.1 Å². The van der Waals surface area contributed by atoms with Crippen molar-refractivity contribution in [3.05, 3.63) is 95.6 Å². The number of nitrogens with one attached hydrogen (secondary N) is 6. The van der Waals surface area contributed by atoms with Gasteiger partial charge in [-0.05, 0) is 85.9 Å². The smallest absolute Gasteiger partial charge is 0.326 e. The van der Waals surface area contributed by atoms with Gasteiger partial charge in [-0.2, -0.15) is 0 Å². The monoisotopic (exact) mass is 857 g/mol. The molecule has 3 unspecified atom stereocenters. The molecule has 0 aliphatic carbocycles. The Morgan fingerprint density at radius 2 is 1.39 bits per heavy atom. The molecule has 17 nitrogen and oxygen atoms in total. The number of aliphatic carboxylic acids is 1. The van der Waals surface area contributed by atoms with E-state index in [9.17, 15) is 48.9 Å². The Morgan fingerprint density at radius 3 is 2.00 bits per heavy atom. The third-order valence-electron chi connectivity index (χ3n) is 11.1. The van der Waals surface area contributed by atoms with E-state index in [1.807, 2.05) is 37.3 Å². The molecule has 0 aromatic heterocycles. The van der Waals surface area contributed by atoms with Crippen molar-refractivity contribution in [1.29, 1.82) is 0 Å². The molecule has 0 radical (unpaired) electrons. The van der Waals surface area contributed by atoms with E-state index in [1.165, 1.54) is 55.3 Å². The predicted octanol–water partition coefficient (Wildman–Crippen LogP) is 2.28. The number of hydrogen-bond acceptors (Lipinski definition) is 9. The van der Waals surface area contributed by atoms with Gasteiger partial charge in [0.2, 0.25) is 29.5 Å². The van der Waals surface area contributed by atoms with E-state index in [4.69, 9.17) is 0 Å². The lowest BCUT2D eigenvalue weighted by molar-refractivity contribution is -0.142. The van der Waals surface area contributed by atoms with Gasteiger partial charge in [0.1, 0.15) is 47.8 Å². The van der Waals surface area contributed by atoms with Gasteiger partial charge in [0.05, 0.1) is 0 Å². The molecule has 1 fully saturated rings. The third kappa shape index (κ3) is 14.5. The number of aromatic hydroxyl groups is 2. The number of urea groups is 1. The van der Waals surface area contributed by atoms with Crippen LogP contribution < -0.4 is 31.9 Å². The van der Waals surface area contributed by atoms with Gasteiger partial charge in [-0.3, -0.25) is 24.0 Å². The lowest BCUT2D eigenvalue weighted by atomic mass is 9.96. The van der Waals surface area contributed by atoms with Gasteiger partial charge in [-0.1, -0.05) is 74.9 Å². The standard InChI is InChI=1S/C45H59N7O10/c1-5-27(2)38-42(58)47-35(23-18-29-14-19-32(53)20-15-29)43(59)52(4)28(3)39(55)48-36(25-30-11-7-6-8-12-30)40(56)46-24-10-9-13-34(41(57)51-38)49-45(62)50-37(44(60)61)26-31-16-21-33(54)22-17-31/h6-8,11-12,14-17,19-22,27-28,34-38,53-54H,5,9-10,13,18,23-26H2,1-4H3,(H,46,56)(H,47,58)(H,48,55)(H,51,57)(H,60,61)(H2,49,50,62)/t27?,28?,34-,35?,36+,37+,38+/m1/s1. The van der Waals surface area contributed by atoms with E-state index in [2.05, 4.69) is 31.9 Å². The molecule has 334 valence electrons. The van der Waals surface area contributed by atoms with Gasteiger partial charge in [-0.25, -0.2) is 9.59 Å². The van der Waals surface area contributed by atoms with Crippen LogP contribution in [0.2, 0.25) is 0 Å². The molecule has 0 bridgehead atoms. The number of hydrogen-bond donors (Lipinski definition) is 9. The van der Waals surface area contributed by atoms with Crippen LogP contribution in [0.15, 0.2) is 78.9 Å². The van der Waals surface area contributed by atoms with Crippen molar-refractivity contribution in [1.82, 2.24) is 36.8 Å². The Bertz CT molecular complexity index is 2000. The third-order valence-corrected chi connectivity index (χ3v) is 11.1. The molecule has 4 rings (SSSR count). The minimum absolute atomic E-state index is 0.0141. The van der Waals surface area contributed by atoms with Crippen molar-refractivity contribution in [3.8, 4) is 11.5 Å². The largest absolute Gasteiger partial charge is 0.508 e. The number of likely N-dealkylation sites (N-methyl/N-ethyl adjacent to an activating group) is 1. The Hall–Kier alpha value is -6.65. The molecule has 62 heavy (non-hydrogen) atoms. The molecule has 3 aromatic carbocycles. The molecule has 17 heteroatoms. The highest BCUT2D eigenvalue weighted by molar-refractivity contribution is 5.96. The van der Waals surface area contributed by atoms with Crippen LogP contribution in [0.25, 0.3) is 0 Å². The van der Waals surface area contributed by atoms with E-state index in [-0.39, 0.29) is 50.1 Å². The number of phenols is 2. The number of rotatable bonds is 12. The van der Waals surface area contributed by atoms with Gasteiger partial charge >= 0.3 is 12.0 Å². The van der Waals surface area contributed by atoms with E-state index in [0.717, 1.165) is 11.1 Å². The molecule has 1 aliphatic heterocycles. The maximum Gasteiger partial charge on any atom is 0.326 e. The molecule has 3 aromatic rings. The van der Waals surface area contributed by atoms with Crippen LogP contribution in [-0.2, 0) is 48.0 Å². The summed E-state index contributed by atoms with van der Waals surface area (Å²) in [4.78, 5) is 96.7. The van der Waals surface area contributed by atoms with Crippen LogP contribution in [0, 0.1) is 5.92 Å². The second-order valence-corrected chi connectivity index (χ2v) is 15.7. The number of carboxylic acids is 1. The molecular weight excluding hydrogens is 799 g/mol. The number of nitrogens with zero attached hydrogens (tertiary/aromatic N) is 1. The number of carbonyl (C=O) groups excluding carboxylic acids is 6. The highest BCUT2D eigenvalue weighted by atomic mass is 16.4. The first-order chi connectivity index (χ1) is 29.6. The van der Waals surface area contributed by atoms with Crippen LogP contribution in [-0.4, -0.2) is 112 Å². The van der Waals surface area contributed by atoms with Gasteiger partial charge < -0.3 is 52.1 Å². The van der Waals surface area contributed by atoms with E-state index in [0.29, 0.717) is 24.8 Å². The van der Waals surface area contributed by atoms with Crippen molar-refractivity contribution in [2.75, 3.05) is 13.6 Å². The van der Waals surface area contributed by atoms with Gasteiger partial charge in [0.15, 0.2) is 0 Å². The van der Waals surface area contributed by atoms with Crippen molar-refractivity contribution >= 4 is 41.5 Å². The summed E-state index contributed by atoms with van der Waals surface area (Å²) >= 11 is 0. The summed E-state index contributed by atoms with van der Waals surface area (Å²) in [6.07, 6.45) is 1.49. The molecule has 9 N–H and O–H groups in total. The summed E-state index contributed by atoms with van der Waals surface area (Å²) in [6.45, 7) is 5.23. The first-order valence-corrected chi connectivity index (χ1v) is 20.9. The van der Waals surface area contributed by atoms with Crippen LogP contribution in [0.3, 0.4) is 0 Å². The summed E-state index contributed by atoms with van der Waals surface area (Å²) in [7, 11) is 1.43. The van der Waals surface area contributed by atoms with Crippen LogP contribution in [0.4, 0.5) is 4.79 Å². The van der Waals surface area contributed by atoms with Crippen LogP contribution in [0.5, 0.6) is 11.5 Å². The molecule has 1 aliphatic rings. The number of carboxylic acid groups (broad SMARTS) is 1. The van der Waals surface area contributed by atoms with Crippen LogP contribution >= 0.6 is 0 Å².